The maximum Gasteiger partial charge on any atom is 0.259 e. The first kappa shape index (κ1) is 17.6. The predicted octanol–water partition coefficient (Wildman–Crippen LogP) is 5.67. The quantitative estimate of drug-likeness (QED) is 0.353. The number of nitrogens with zero attached hydrogens (tertiary/aromatic N) is 1. The summed E-state index contributed by atoms with van der Waals surface area (Å²) >= 11 is 30.5. The number of nitrogens with one attached hydrogen (secondary N) is 1. The van der Waals surface area contributed by atoms with E-state index < -0.39 is 5.91 Å². The van der Waals surface area contributed by atoms with Crippen LogP contribution in [0.2, 0.25) is 25.1 Å². The van der Waals surface area contributed by atoms with Crippen molar-refractivity contribution in [2.24, 2.45) is 4.99 Å². The third kappa shape index (κ3) is 2.72. The molecule has 0 spiro atoms. The number of carbonyl (C=O) groups excluding carboxylic acids is 1. The van der Waals surface area contributed by atoms with Gasteiger partial charge in [0.1, 0.15) is 5.84 Å². The van der Waals surface area contributed by atoms with E-state index in [1.807, 2.05) is 6.92 Å². The summed E-state index contributed by atoms with van der Waals surface area (Å²) < 4.78 is 0. The van der Waals surface area contributed by atoms with Crippen molar-refractivity contribution in [3.63, 3.8) is 0 Å². The summed E-state index contributed by atoms with van der Waals surface area (Å²) in [5.74, 6) is -0.252. The van der Waals surface area contributed by atoms with Crippen LogP contribution in [0.3, 0.4) is 0 Å². The molecule has 1 aliphatic heterocycles. The number of amidine groups is 1. The lowest BCUT2D eigenvalue weighted by Crippen LogP contribution is -2.21. The van der Waals surface area contributed by atoms with Crippen molar-refractivity contribution in [1.82, 2.24) is 5.32 Å². The van der Waals surface area contributed by atoms with Crippen LogP contribution >= 0.6 is 58.0 Å². The Morgan fingerprint density at radius 3 is 2.17 bits per heavy atom. The van der Waals surface area contributed by atoms with Gasteiger partial charge in [-0.15, -0.1) is 0 Å². The second-order valence-corrected chi connectivity index (χ2v) is 7.00. The minimum absolute atomic E-state index is 0.0187. The maximum absolute atomic E-state index is 12.2. The SMILES string of the molecule is Cc1cc(N)c(Cl)cc1N=C1NC(=O)c2c(Cl)c(Cl)c(Cl)c(Cl)c21. The summed E-state index contributed by atoms with van der Waals surface area (Å²) in [5, 5.41) is 3.16. The minimum Gasteiger partial charge on any atom is -0.398 e. The highest BCUT2D eigenvalue weighted by Gasteiger charge is 2.34. The van der Waals surface area contributed by atoms with E-state index in [-0.39, 0.29) is 31.5 Å². The molecule has 0 unspecified atom stereocenters. The van der Waals surface area contributed by atoms with E-state index in [2.05, 4.69) is 10.3 Å². The number of rotatable bonds is 1. The highest BCUT2D eigenvalue weighted by Crippen LogP contribution is 2.43. The summed E-state index contributed by atoms with van der Waals surface area (Å²) in [6.07, 6.45) is 0. The summed E-state index contributed by atoms with van der Waals surface area (Å²) in [5.41, 5.74) is 7.92. The molecule has 0 bridgehead atoms. The molecule has 0 aromatic heterocycles. The molecule has 1 aliphatic rings. The molecule has 0 radical (unpaired) electrons. The molecule has 1 amide bonds. The minimum atomic E-state index is -0.464. The first-order chi connectivity index (χ1) is 11.2. The molecule has 1 heterocycles. The summed E-state index contributed by atoms with van der Waals surface area (Å²) in [4.78, 5) is 16.6. The number of amides is 1. The van der Waals surface area contributed by atoms with Crippen molar-refractivity contribution in [2.45, 2.75) is 6.92 Å². The second kappa shape index (κ2) is 6.28. The van der Waals surface area contributed by atoms with Crippen LogP contribution in [0.25, 0.3) is 0 Å². The van der Waals surface area contributed by atoms with Gasteiger partial charge in [0.05, 0.1) is 47.6 Å². The molecule has 0 fully saturated rings. The Labute approximate surface area is 162 Å². The van der Waals surface area contributed by atoms with Crippen LogP contribution in [0.4, 0.5) is 11.4 Å². The van der Waals surface area contributed by atoms with E-state index in [0.717, 1.165) is 5.56 Å². The van der Waals surface area contributed by atoms with Crippen LogP contribution < -0.4 is 11.1 Å². The van der Waals surface area contributed by atoms with E-state index in [1.165, 1.54) is 0 Å². The van der Waals surface area contributed by atoms with Gasteiger partial charge in [-0.3, -0.25) is 4.79 Å². The maximum atomic E-state index is 12.2. The summed E-state index contributed by atoms with van der Waals surface area (Å²) in [6.45, 7) is 1.81. The van der Waals surface area contributed by atoms with Crippen LogP contribution in [0.1, 0.15) is 21.5 Å². The third-order valence-corrected chi connectivity index (χ3v) is 5.64. The number of aryl methyl sites for hydroxylation is 1. The van der Waals surface area contributed by atoms with Gasteiger partial charge < -0.3 is 11.1 Å². The first-order valence-electron chi connectivity index (χ1n) is 6.54. The fourth-order valence-electron chi connectivity index (χ4n) is 2.32. The van der Waals surface area contributed by atoms with Crippen molar-refractivity contribution >= 4 is 81.1 Å². The Balaban J connectivity index is 2.26. The monoisotopic (exact) mass is 421 g/mol. The first-order valence-corrected chi connectivity index (χ1v) is 8.43. The zero-order valence-corrected chi connectivity index (χ0v) is 15.8. The normalized spacial score (nSPS) is 14.9. The molecule has 3 rings (SSSR count). The molecule has 9 heteroatoms. The van der Waals surface area contributed by atoms with Gasteiger partial charge in [0.2, 0.25) is 0 Å². The molecule has 2 aromatic carbocycles. The number of halogens is 5. The van der Waals surface area contributed by atoms with Gasteiger partial charge in [-0.25, -0.2) is 4.99 Å². The van der Waals surface area contributed by atoms with Gasteiger partial charge in [0.25, 0.3) is 5.91 Å². The van der Waals surface area contributed by atoms with Gasteiger partial charge in [0.15, 0.2) is 0 Å². The van der Waals surface area contributed by atoms with Crippen LogP contribution in [-0.4, -0.2) is 11.7 Å². The zero-order valence-electron chi connectivity index (χ0n) is 12.0. The van der Waals surface area contributed by atoms with E-state index in [1.54, 1.807) is 12.1 Å². The Bertz CT molecular complexity index is 940. The lowest BCUT2D eigenvalue weighted by atomic mass is 10.1. The Morgan fingerprint density at radius 1 is 0.958 bits per heavy atom. The molecule has 2 aromatic rings. The van der Waals surface area contributed by atoms with Crippen LogP contribution in [0, 0.1) is 6.92 Å². The molecule has 24 heavy (non-hydrogen) atoms. The van der Waals surface area contributed by atoms with Crippen LogP contribution in [-0.2, 0) is 0 Å². The smallest absolute Gasteiger partial charge is 0.259 e. The number of benzene rings is 2. The number of nitrogens with two attached hydrogens (primary N) is 1. The van der Waals surface area contributed by atoms with E-state index in [0.29, 0.717) is 22.0 Å². The van der Waals surface area contributed by atoms with Crippen molar-refractivity contribution in [3.8, 4) is 0 Å². The molecule has 0 aliphatic carbocycles. The standard InChI is InChI=1S/C15H8Cl5N3O/c1-4-2-6(21)5(16)3-7(4)22-14-8-9(15(24)23-14)11(18)13(20)12(19)10(8)17/h2-3H,21H2,1H3,(H,22,23,24). The molecular weight excluding hydrogens is 415 g/mol. The average Bonchev–Trinajstić information content (AvgIpc) is 2.84. The molecule has 0 saturated heterocycles. The van der Waals surface area contributed by atoms with Gasteiger partial charge >= 0.3 is 0 Å². The van der Waals surface area contributed by atoms with E-state index in [4.69, 9.17) is 63.7 Å². The van der Waals surface area contributed by atoms with E-state index >= 15 is 0 Å². The highest BCUT2D eigenvalue weighted by atomic mass is 35.5. The molecule has 4 nitrogen and oxygen atoms in total. The Kier molecular flexibility index (Phi) is 4.62. The number of anilines is 1. The van der Waals surface area contributed by atoms with Gasteiger partial charge in [-0.1, -0.05) is 58.0 Å². The lowest BCUT2D eigenvalue weighted by molar-refractivity contribution is 0.0983. The van der Waals surface area contributed by atoms with Gasteiger partial charge in [-0.2, -0.15) is 0 Å². The Morgan fingerprint density at radius 2 is 1.54 bits per heavy atom. The average molecular weight is 424 g/mol. The third-order valence-electron chi connectivity index (χ3n) is 3.51. The second-order valence-electron chi connectivity index (χ2n) is 5.08. The fourth-order valence-corrected chi connectivity index (χ4v) is 3.50. The number of aliphatic imine (C=N–C) groups is 1. The molecule has 0 saturated carbocycles. The van der Waals surface area contributed by atoms with Gasteiger partial charge in [-0.05, 0) is 24.6 Å². The summed E-state index contributed by atoms with van der Waals surface area (Å²) in [7, 11) is 0. The molecular formula is C15H8Cl5N3O. The number of nitrogen functional groups attached to an aromatic ring is 1. The molecule has 124 valence electrons. The fraction of sp³-hybridized carbons (Fsp3) is 0.0667. The predicted molar refractivity (Wildman–Crippen MR) is 101 cm³/mol. The topological polar surface area (TPSA) is 67.5 Å². The van der Waals surface area contributed by atoms with Crippen LogP contribution in [0.15, 0.2) is 17.1 Å². The Hall–Kier alpha value is -1.17. The molecule has 0 atom stereocenters. The van der Waals surface area contributed by atoms with Crippen molar-refractivity contribution in [2.75, 3.05) is 5.73 Å². The highest BCUT2D eigenvalue weighted by molar-refractivity contribution is 6.55. The number of hydrogen-bond donors (Lipinski definition) is 2. The van der Waals surface area contributed by atoms with Gasteiger partial charge in [0, 0.05) is 0 Å². The number of carbonyl (C=O) groups is 1. The summed E-state index contributed by atoms with van der Waals surface area (Å²) in [6, 6.07) is 3.28. The van der Waals surface area contributed by atoms with Crippen molar-refractivity contribution in [3.05, 3.63) is 53.9 Å². The van der Waals surface area contributed by atoms with Crippen molar-refractivity contribution in [1.29, 1.82) is 0 Å². The zero-order chi connectivity index (χ0) is 17.8. The largest absolute Gasteiger partial charge is 0.398 e. The number of fused-ring (bicyclic) bond motifs is 1. The van der Waals surface area contributed by atoms with Crippen LogP contribution in [0.5, 0.6) is 0 Å². The number of hydrogen-bond acceptors (Lipinski definition) is 3. The molecule has 3 N–H and O–H groups in total. The van der Waals surface area contributed by atoms with E-state index in [9.17, 15) is 4.79 Å². The van der Waals surface area contributed by atoms with Crippen molar-refractivity contribution < 1.29 is 4.79 Å². The lowest BCUT2D eigenvalue weighted by Gasteiger charge is -2.09.